The molecule has 0 spiro atoms. The molecule has 0 heterocycles. The minimum atomic E-state index is -3.38. The zero-order valence-corrected chi connectivity index (χ0v) is 17.8. The van der Waals surface area contributed by atoms with E-state index in [4.69, 9.17) is 9.05 Å². The molecule has 0 atom stereocenters. The van der Waals surface area contributed by atoms with Crippen LogP contribution in [-0.4, -0.2) is 5.75 Å². The second kappa shape index (κ2) is 7.88. The van der Waals surface area contributed by atoms with Gasteiger partial charge in [-0.3, -0.25) is 0 Å². The first-order valence-corrected chi connectivity index (χ1v) is 11.6. The Balaban J connectivity index is 2.41. The summed E-state index contributed by atoms with van der Waals surface area (Å²) in [5.74, 6) is 1.90. The third-order valence-corrected chi connectivity index (χ3v) is 7.82. The number of hydrogen-bond acceptors (Lipinski definition) is 4. The van der Waals surface area contributed by atoms with Crippen LogP contribution in [0.5, 0.6) is 11.5 Å². The highest BCUT2D eigenvalue weighted by molar-refractivity contribution is 8.55. The Morgan fingerprint density at radius 3 is 1.56 bits per heavy atom. The number of hydrogen-bond donors (Lipinski definition) is 0. The molecule has 0 bridgehead atoms. The quantitative estimate of drug-likeness (QED) is 0.515. The number of benzene rings is 2. The lowest BCUT2D eigenvalue weighted by Crippen LogP contribution is -2.02. The van der Waals surface area contributed by atoms with Gasteiger partial charge >= 0.3 is 6.80 Å². The SMILES string of the molecule is CCSP(=O)(Oc1cc(C)cc(C)c1C)Oc1cc(C)cc(C)c1C. The molecule has 0 saturated heterocycles. The van der Waals surface area contributed by atoms with Crippen molar-refractivity contribution in [3.63, 3.8) is 0 Å². The Bertz CT molecular complexity index is 767. The van der Waals surface area contributed by atoms with E-state index in [2.05, 4.69) is 12.1 Å². The van der Waals surface area contributed by atoms with Crippen LogP contribution in [0.3, 0.4) is 0 Å². The average molecular weight is 378 g/mol. The predicted molar refractivity (Wildman–Crippen MR) is 108 cm³/mol. The maximum Gasteiger partial charge on any atom is 0.492 e. The molecule has 0 fully saturated rings. The smallest absolute Gasteiger partial charge is 0.408 e. The summed E-state index contributed by atoms with van der Waals surface area (Å²) in [4.78, 5) is 0. The molecular weight excluding hydrogens is 351 g/mol. The summed E-state index contributed by atoms with van der Waals surface area (Å²) < 4.78 is 25.4. The second-order valence-electron chi connectivity index (χ2n) is 6.46. The summed E-state index contributed by atoms with van der Waals surface area (Å²) in [6, 6.07) is 8.02. The van der Waals surface area contributed by atoms with Gasteiger partial charge in [-0.2, -0.15) is 0 Å². The zero-order chi connectivity index (χ0) is 18.8. The van der Waals surface area contributed by atoms with Crippen molar-refractivity contribution in [2.24, 2.45) is 0 Å². The van der Waals surface area contributed by atoms with Crippen molar-refractivity contribution in [1.29, 1.82) is 0 Å². The molecule has 2 aromatic rings. The molecule has 0 amide bonds. The van der Waals surface area contributed by atoms with Gasteiger partial charge in [0.2, 0.25) is 0 Å². The minimum Gasteiger partial charge on any atom is -0.408 e. The summed E-state index contributed by atoms with van der Waals surface area (Å²) in [6.07, 6.45) is 0. The molecule has 2 rings (SSSR count). The molecule has 136 valence electrons. The van der Waals surface area contributed by atoms with E-state index in [9.17, 15) is 4.57 Å². The third kappa shape index (κ3) is 4.83. The lowest BCUT2D eigenvalue weighted by Gasteiger charge is -2.22. The molecule has 0 N–H and O–H groups in total. The minimum absolute atomic E-state index is 0.629. The third-order valence-electron chi connectivity index (χ3n) is 4.24. The van der Waals surface area contributed by atoms with Gasteiger partial charge in [0.1, 0.15) is 11.5 Å². The molecule has 0 aliphatic heterocycles. The topological polar surface area (TPSA) is 35.5 Å². The van der Waals surface area contributed by atoms with Gasteiger partial charge in [0.15, 0.2) is 0 Å². The molecular formula is C20H27O3PS. The van der Waals surface area contributed by atoms with Gasteiger partial charge in [0.05, 0.1) is 0 Å². The van der Waals surface area contributed by atoms with Crippen molar-refractivity contribution in [3.05, 3.63) is 57.6 Å². The summed E-state index contributed by atoms with van der Waals surface area (Å²) in [5, 5.41) is 0. The monoisotopic (exact) mass is 378 g/mol. The van der Waals surface area contributed by atoms with Crippen LogP contribution in [-0.2, 0) is 4.57 Å². The molecule has 0 aliphatic carbocycles. The van der Waals surface area contributed by atoms with E-state index in [0.29, 0.717) is 17.3 Å². The van der Waals surface area contributed by atoms with Crippen molar-refractivity contribution >= 4 is 18.2 Å². The molecule has 2 aromatic carbocycles. The van der Waals surface area contributed by atoms with Crippen LogP contribution >= 0.6 is 18.2 Å². The molecule has 0 radical (unpaired) electrons. The second-order valence-corrected chi connectivity index (χ2v) is 10.7. The van der Waals surface area contributed by atoms with E-state index < -0.39 is 6.80 Å². The fourth-order valence-corrected chi connectivity index (χ4v) is 5.73. The van der Waals surface area contributed by atoms with Gasteiger partial charge in [0.25, 0.3) is 0 Å². The van der Waals surface area contributed by atoms with Gasteiger partial charge in [-0.25, -0.2) is 4.57 Å². The van der Waals surface area contributed by atoms with Crippen LogP contribution in [0.1, 0.15) is 40.3 Å². The van der Waals surface area contributed by atoms with Crippen molar-refractivity contribution in [2.75, 3.05) is 5.75 Å². The molecule has 0 aliphatic rings. The molecule has 5 heteroatoms. The lowest BCUT2D eigenvalue weighted by atomic mass is 10.1. The van der Waals surface area contributed by atoms with Crippen molar-refractivity contribution in [2.45, 2.75) is 48.5 Å². The first kappa shape index (κ1) is 19.9. The molecule has 0 saturated carbocycles. The molecule has 0 unspecified atom stereocenters. The zero-order valence-electron chi connectivity index (χ0n) is 16.1. The molecule has 0 aromatic heterocycles. The first-order valence-electron chi connectivity index (χ1n) is 8.44. The Labute approximate surface area is 155 Å². The Hall–Kier alpha value is -1.38. The maximum absolute atomic E-state index is 13.4. The highest BCUT2D eigenvalue weighted by Crippen LogP contribution is 2.60. The van der Waals surface area contributed by atoms with Crippen LogP contribution in [0, 0.1) is 41.5 Å². The summed E-state index contributed by atoms with van der Waals surface area (Å²) in [6.45, 7) is 10.6. The fraction of sp³-hybridized carbons (Fsp3) is 0.400. The van der Waals surface area contributed by atoms with Crippen LogP contribution in [0.15, 0.2) is 24.3 Å². The maximum atomic E-state index is 13.4. The highest BCUT2D eigenvalue weighted by Gasteiger charge is 2.30. The van der Waals surface area contributed by atoms with Gasteiger partial charge in [-0.15, -0.1) is 0 Å². The van der Waals surface area contributed by atoms with Crippen LogP contribution < -0.4 is 9.05 Å². The fourth-order valence-electron chi connectivity index (χ4n) is 2.66. The van der Waals surface area contributed by atoms with E-state index in [1.807, 2.05) is 60.6 Å². The van der Waals surface area contributed by atoms with Crippen molar-refractivity contribution in [1.82, 2.24) is 0 Å². The van der Waals surface area contributed by atoms with E-state index in [1.165, 1.54) is 11.4 Å². The predicted octanol–water partition coefficient (Wildman–Crippen LogP) is 6.86. The Kier molecular flexibility index (Phi) is 6.29. The largest absolute Gasteiger partial charge is 0.492 e. The summed E-state index contributed by atoms with van der Waals surface area (Å²) >= 11 is 1.22. The Morgan fingerprint density at radius 1 is 0.800 bits per heavy atom. The number of rotatable bonds is 6. The highest BCUT2D eigenvalue weighted by atomic mass is 32.7. The van der Waals surface area contributed by atoms with E-state index >= 15 is 0 Å². The van der Waals surface area contributed by atoms with Crippen molar-refractivity contribution in [3.8, 4) is 11.5 Å². The average Bonchev–Trinajstić information content (AvgIpc) is 2.49. The number of aryl methyl sites for hydroxylation is 4. The van der Waals surface area contributed by atoms with E-state index in [-0.39, 0.29) is 0 Å². The van der Waals surface area contributed by atoms with Gasteiger partial charge in [-0.1, -0.05) is 19.1 Å². The van der Waals surface area contributed by atoms with E-state index in [1.54, 1.807) is 0 Å². The normalized spacial score (nSPS) is 11.5. The standard InChI is InChI=1S/C20H27O3PS/c1-8-25-24(21,22-19-11-13(2)9-15(4)17(19)6)23-20-12-14(3)10-16(5)18(20)7/h9-12H,8H2,1-7H3. The van der Waals surface area contributed by atoms with Gasteiger partial charge in [-0.05, 0) is 98.4 Å². The molecule has 3 nitrogen and oxygen atoms in total. The first-order chi connectivity index (χ1) is 11.6. The van der Waals surface area contributed by atoms with E-state index in [0.717, 1.165) is 33.4 Å². The van der Waals surface area contributed by atoms with Crippen LogP contribution in [0.25, 0.3) is 0 Å². The lowest BCUT2D eigenvalue weighted by molar-refractivity contribution is 0.405. The Morgan fingerprint density at radius 2 is 1.20 bits per heavy atom. The molecule has 25 heavy (non-hydrogen) atoms. The van der Waals surface area contributed by atoms with Crippen molar-refractivity contribution < 1.29 is 13.6 Å². The van der Waals surface area contributed by atoms with Gasteiger partial charge in [0, 0.05) is 5.75 Å². The summed E-state index contributed by atoms with van der Waals surface area (Å²) in [5.41, 5.74) is 6.37. The van der Waals surface area contributed by atoms with Crippen LogP contribution in [0.2, 0.25) is 0 Å². The van der Waals surface area contributed by atoms with Gasteiger partial charge < -0.3 is 9.05 Å². The summed E-state index contributed by atoms with van der Waals surface area (Å²) in [7, 11) is 0. The van der Waals surface area contributed by atoms with Crippen LogP contribution in [0.4, 0.5) is 0 Å².